The van der Waals surface area contributed by atoms with E-state index in [0.29, 0.717) is 5.92 Å². The summed E-state index contributed by atoms with van der Waals surface area (Å²) in [7, 11) is 0. The lowest BCUT2D eigenvalue weighted by atomic mass is 10.2. The van der Waals surface area contributed by atoms with Gasteiger partial charge in [0.05, 0.1) is 0 Å². The third-order valence-electron chi connectivity index (χ3n) is 2.21. The zero-order chi connectivity index (χ0) is 12.3. The predicted octanol–water partition coefficient (Wildman–Crippen LogP) is 3.91. The molecule has 17 heavy (non-hydrogen) atoms. The largest absolute Gasteiger partial charge is 0.448 e. The Balaban J connectivity index is 1.96. The molecule has 0 saturated carbocycles. The van der Waals surface area contributed by atoms with Crippen molar-refractivity contribution in [3.05, 3.63) is 27.2 Å². The van der Waals surface area contributed by atoms with Crippen molar-refractivity contribution in [1.82, 2.24) is 10.3 Å². The number of nitrogens with one attached hydrogen (secondary N) is 1. The van der Waals surface area contributed by atoms with Crippen molar-refractivity contribution in [3.63, 3.8) is 0 Å². The molecule has 0 saturated heterocycles. The zero-order valence-electron chi connectivity index (χ0n) is 9.87. The van der Waals surface area contributed by atoms with E-state index in [9.17, 15) is 0 Å². The van der Waals surface area contributed by atoms with Gasteiger partial charge in [-0.15, -0.1) is 11.3 Å². The average molecular weight is 315 g/mol. The van der Waals surface area contributed by atoms with Gasteiger partial charge in [-0.3, -0.25) is 0 Å². The Kier molecular flexibility index (Phi) is 4.36. The molecule has 0 spiro atoms. The van der Waals surface area contributed by atoms with Gasteiger partial charge in [0, 0.05) is 11.9 Å². The van der Waals surface area contributed by atoms with Gasteiger partial charge in [-0.05, 0) is 40.5 Å². The highest BCUT2D eigenvalue weighted by Gasteiger charge is 2.08. The summed E-state index contributed by atoms with van der Waals surface area (Å²) in [5, 5.41) is 6.50. The summed E-state index contributed by atoms with van der Waals surface area (Å²) >= 11 is 4.95. The molecule has 0 aliphatic rings. The van der Waals surface area contributed by atoms with Crippen LogP contribution < -0.4 is 5.32 Å². The van der Waals surface area contributed by atoms with Gasteiger partial charge in [0.1, 0.15) is 10.7 Å². The van der Waals surface area contributed by atoms with Crippen LogP contribution in [0.1, 0.15) is 18.9 Å². The van der Waals surface area contributed by atoms with Crippen LogP contribution in [0.25, 0.3) is 11.5 Å². The second kappa shape index (κ2) is 5.80. The minimum absolute atomic E-state index is 0.662. The van der Waals surface area contributed by atoms with Crippen molar-refractivity contribution >= 4 is 27.3 Å². The monoisotopic (exact) mass is 314 g/mol. The molecule has 0 fully saturated rings. The molecule has 0 aliphatic heterocycles. The highest BCUT2D eigenvalue weighted by molar-refractivity contribution is 9.10. The van der Waals surface area contributed by atoms with E-state index < -0.39 is 0 Å². The van der Waals surface area contributed by atoms with Gasteiger partial charge in [-0.2, -0.15) is 0 Å². The van der Waals surface area contributed by atoms with E-state index >= 15 is 0 Å². The van der Waals surface area contributed by atoms with Gasteiger partial charge in [-0.25, -0.2) is 4.98 Å². The van der Waals surface area contributed by atoms with Crippen molar-refractivity contribution in [2.75, 3.05) is 6.54 Å². The van der Waals surface area contributed by atoms with Crippen molar-refractivity contribution in [2.45, 2.75) is 20.4 Å². The summed E-state index contributed by atoms with van der Waals surface area (Å²) in [5.74, 6) is 1.47. The van der Waals surface area contributed by atoms with Gasteiger partial charge in [0.2, 0.25) is 0 Å². The van der Waals surface area contributed by atoms with E-state index in [1.54, 1.807) is 11.3 Å². The molecule has 2 rings (SSSR count). The Labute approximate surface area is 113 Å². The Morgan fingerprint density at radius 2 is 2.29 bits per heavy atom. The first-order valence-electron chi connectivity index (χ1n) is 5.56. The lowest BCUT2D eigenvalue weighted by Crippen LogP contribution is -2.18. The number of hydrogen-bond acceptors (Lipinski definition) is 4. The van der Waals surface area contributed by atoms with Crippen LogP contribution in [0.4, 0.5) is 0 Å². The minimum atomic E-state index is 0.662. The van der Waals surface area contributed by atoms with Crippen LogP contribution in [0.5, 0.6) is 0 Å². The maximum Gasteiger partial charge on any atom is 0.169 e. The first kappa shape index (κ1) is 12.8. The van der Waals surface area contributed by atoms with Crippen LogP contribution in [0.2, 0.25) is 0 Å². The fraction of sp³-hybridized carbons (Fsp3) is 0.417. The standard InChI is InChI=1S/C12H15BrN2OS/c1-8(2)5-14-6-12-15-9(7-17-12)10-3-4-11(13)16-10/h3-4,7-8,14H,5-6H2,1-2H3. The molecule has 0 amide bonds. The minimum Gasteiger partial charge on any atom is -0.448 e. The lowest BCUT2D eigenvalue weighted by molar-refractivity contribution is 0.548. The van der Waals surface area contributed by atoms with Crippen LogP contribution in [0.3, 0.4) is 0 Å². The van der Waals surface area contributed by atoms with Crippen molar-refractivity contribution in [3.8, 4) is 11.5 Å². The fourth-order valence-electron chi connectivity index (χ4n) is 1.42. The molecule has 92 valence electrons. The maximum atomic E-state index is 5.47. The quantitative estimate of drug-likeness (QED) is 0.909. The molecular formula is C12H15BrN2OS. The SMILES string of the molecule is CC(C)CNCc1nc(-c2ccc(Br)o2)cs1. The van der Waals surface area contributed by atoms with Crippen LogP contribution >= 0.6 is 27.3 Å². The van der Waals surface area contributed by atoms with E-state index in [-0.39, 0.29) is 0 Å². The van der Waals surface area contributed by atoms with Crippen LogP contribution in [-0.4, -0.2) is 11.5 Å². The number of thiazole rings is 1. The smallest absolute Gasteiger partial charge is 0.169 e. The molecule has 5 heteroatoms. The lowest BCUT2D eigenvalue weighted by Gasteiger charge is -2.04. The van der Waals surface area contributed by atoms with Gasteiger partial charge in [0.25, 0.3) is 0 Å². The third-order valence-corrected chi connectivity index (χ3v) is 3.48. The van der Waals surface area contributed by atoms with E-state index in [1.807, 2.05) is 17.5 Å². The van der Waals surface area contributed by atoms with E-state index in [0.717, 1.165) is 34.2 Å². The van der Waals surface area contributed by atoms with Gasteiger partial charge in [0.15, 0.2) is 10.4 Å². The predicted molar refractivity (Wildman–Crippen MR) is 74.1 cm³/mol. The normalized spacial score (nSPS) is 11.3. The molecule has 0 aliphatic carbocycles. The Morgan fingerprint density at radius 1 is 1.47 bits per heavy atom. The molecule has 0 aromatic carbocycles. The summed E-state index contributed by atoms with van der Waals surface area (Å²) in [6, 6.07) is 3.80. The number of furan rings is 1. The van der Waals surface area contributed by atoms with Gasteiger partial charge < -0.3 is 9.73 Å². The summed E-state index contributed by atoms with van der Waals surface area (Å²) in [6.45, 7) is 6.23. The summed E-state index contributed by atoms with van der Waals surface area (Å²) in [6.07, 6.45) is 0. The molecule has 0 unspecified atom stereocenters. The molecule has 2 aromatic heterocycles. The molecule has 1 N–H and O–H groups in total. The van der Waals surface area contributed by atoms with Crippen LogP contribution in [-0.2, 0) is 6.54 Å². The maximum absolute atomic E-state index is 5.47. The molecule has 0 radical (unpaired) electrons. The average Bonchev–Trinajstić information content (AvgIpc) is 2.86. The number of halogens is 1. The van der Waals surface area contributed by atoms with E-state index in [4.69, 9.17) is 4.42 Å². The van der Waals surface area contributed by atoms with Crippen molar-refractivity contribution < 1.29 is 4.42 Å². The number of rotatable bonds is 5. The van der Waals surface area contributed by atoms with Crippen LogP contribution in [0, 0.1) is 5.92 Å². The first-order valence-corrected chi connectivity index (χ1v) is 7.23. The summed E-state index contributed by atoms with van der Waals surface area (Å²) in [4.78, 5) is 4.53. The van der Waals surface area contributed by atoms with Crippen molar-refractivity contribution in [2.24, 2.45) is 5.92 Å². The number of hydrogen-bond donors (Lipinski definition) is 1. The van der Waals surface area contributed by atoms with E-state index in [2.05, 4.69) is 40.1 Å². The van der Waals surface area contributed by atoms with Crippen LogP contribution in [0.15, 0.2) is 26.6 Å². The summed E-state index contributed by atoms with van der Waals surface area (Å²) < 4.78 is 6.20. The molecule has 2 heterocycles. The number of nitrogens with zero attached hydrogens (tertiary/aromatic N) is 1. The second-order valence-electron chi connectivity index (χ2n) is 4.25. The van der Waals surface area contributed by atoms with Crippen molar-refractivity contribution in [1.29, 1.82) is 0 Å². The Hall–Kier alpha value is -0.650. The fourth-order valence-corrected chi connectivity index (χ4v) is 2.48. The zero-order valence-corrected chi connectivity index (χ0v) is 12.3. The first-order chi connectivity index (χ1) is 8.15. The highest BCUT2D eigenvalue weighted by atomic mass is 79.9. The topological polar surface area (TPSA) is 38.1 Å². The molecule has 2 aromatic rings. The third kappa shape index (κ3) is 3.66. The highest BCUT2D eigenvalue weighted by Crippen LogP contribution is 2.26. The second-order valence-corrected chi connectivity index (χ2v) is 5.98. The van der Waals surface area contributed by atoms with Gasteiger partial charge >= 0.3 is 0 Å². The molecule has 3 nitrogen and oxygen atoms in total. The van der Waals surface area contributed by atoms with Gasteiger partial charge in [-0.1, -0.05) is 13.8 Å². The molecule has 0 atom stereocenters. The molecular weight excluding hydrogens is 300 g/mol. The Morgan fingerprint density at radius 3 is 2.94 bits per heavy atom. The number of aromatic nitrogens is 1. The Bertz CT molecular complexity index is 478. The summed E-state index contributed by atoms with van der Waals surface area (Å²) in [5.41, 5.74) is 0.905. The molecule has 0 bridgehead atoms. The van der Waals surface area contributed by atoms with E-state index in [1.165, 1.54) is 0 Å².